The highest BCUT2D eigenvalue weighted by molar-refractivity contribution is 7.90. The molecule has 0 aliphatic rings. The summed E-state index contributed by atoms with van der Waals surface area (Å²) in [4.78, 5) is 0.729. The Morgan fingerprint density at radius 2 is 2.00 bits per heavy atom. The minimum Gasteiger partial charge on any atom is -0.399 e. The molecular formula is C11H17NO3S2. The molecule has 0 radical (unpaired) electrons. The average Bonchev–Trinajstić information content (AvgIpc) is 2.15. The first-order chi connectivity index (χ1) is 7.79. The third-order valence-corrected chi connectivity index (χ3v) is 4.93. The number of nitrogen functional groups attached to an aromatic ring is 1. The lowest BCUT2D eigenvalue weighted by Gasteiger charge is -2.06. The minimum absolute atomic E-state index is 0.0762. The smallest absolute Gasteiger partial charge is 0.147 e. The van der Waals surface area contributed by atoms with Crippen molar-refractivity contribution in [2.45, 2.75) is 18.2 Å². The van der Waals surface area contributed by atoms with Crippen LogP contribution in [0.2, 0.25) is 0 Å². The fourth-order valence-electron chi connectivity index (χ4n) is 1.49. The zero-order valence-corrected chi connectivity index (χ0v) is 11.6. The van der Waals surface area contributed by atoms with Crippen molar-refractivity contribution in [3.63, 3.8) is 0 Å². The molecule has 0 aliphatic carbocycles. The second kappa shape index (κ2) is 5.64. The standard InChI is InChI=1S/C11H17NO3S2/c1-9-8-10(12)4-5-11(9)16(13)6-3-7-17(2,14)15/h4-5,8H,3,6-7,12H2,1-2H3. The SMILES string of the molecule is Cc1cc(N)ccc1S(=O)CCCS(C)(=O)=O. The molecule has 0 aromatic heterocycles. The summed E-state index contributed by atoms with van der Waals surface area (Å²) in [6, 6.07) is 5.21. The fraction of sp³-hybridized carbons (Fsp3) is 0.455. The van der Waals surface area contributed by atoms with Crippen LogP contribution in [-0.2, 0) is 20.6 Å². The van der Waals surface area contributed by atoms with Crippen LogP contribution in [0.3, 0.4) is 0 Å². The maximum Gasteiger partial charge on any atom is 0.147 e. The van der Waals surface area contributed by atoms with Gasteiger partial charge in [-0.15, -0.1) is 0 Å². The molecule has 96 valence electrons. The Kier molecular flexibility index (Phi) is 4.70. The van der Waals surface area contributed by atoms with Gasteiger partial charge >= 0.3 is 0 Å². The molecule has 0 saturated heterocycles. The van der Waals surface area contributed by atoms with E-state index in [0.29, 0.717) is 17.9 Å². The van der Waals surface area contributed by atoms with Crippen molar-refractivity contribution in [3.05, 3.63) is 23.8 Å². The molecule has 0 amide bonds. The topological polar surface area (TPSA) is 77.2 Å². The molecular weight excluding hydrogens is 258 g/mol. The second-order valence-electron chi connectivity index (χ2n) is 4.06. The Labute approximate surface area is 105 Å². The Morgan fingerprint density at radius 3 is 2.53 bits per heavy atom. The third-order valence-electron chi connectivity index (χ3n) is 2.29. The average molecular weight is 275 g/mol. The minimum atomic E-state index is -2.97. The van der Waals surface area contributed by atoms with E-state index in [1.165, 1.54) is 6.26 Å². The number of hydrogen-bond donors (Lipinski definition) is 1. The van der Waals surface area contributed by atoms with Gasteiger partial charge in [-0.3, -0.25) is 4.21 Å². The molecule has 1 atom stereocenters. The number of hydrogen-bond acceptors (Lipinski definition) is 4. The lowest BCUT2D eigenvalue weighted by Crippen LogP contribution is -2.08. The molecule has 0 heterocycles. The van der Waals surface area contributed by atoms with Crippen molar-refractivity contribution < 1.29 is 12.6 Å². The summed E-state index contributed by atoms with van der Waals surface area (Å²) in [5.74, 6) is 0.435. The molecule has 6 heteroatoms. The zero-order chi connectivity index (χ0) is 13.1. The predicted molar refractivity (Wildman–Crippen MR) is 71.2 cm³/mol. The van der Waals surface area contributed by atoms with Crippen LogP contribution in [0.5, 0.6) is 0 Å². The number of sulfone groups is 1. The number of benzene rings is 1. The Hall–Kier alpha value is -0.880. The van der Waals surface area contributed by atoms with Crippen LogP contribution in [0.1, 0.15) is 12.0 Å². The van der Waals surface area contributed by atoms with Crippen LogP contribution in [-0.4, -0.2) is 30.4 Å². The first-order valence-electron chi connectivity index (χ1n) is 5.22. The molecule has 2 N–H and O–H groups in total. The van der Waals surface area contributed by atoms with E-state index < -0.39 is 20.6 Å². The van der Waals surface area contributed by atoms with Crippen molar-refractivity contribution in [1.29, 1.82) is 0 Å². The zero-order valence-electron chi connectivity index (χ0n) is 9.97. The van der Waals surface area contributed by atoms with Gasteiger partial charge in [0.05, 0.1) is 16.6 Å². The molecule has 0 fully saturated rings. The third kappa shape index (κ3) is 4.87. The lowest BCUT2D eigenvalue weighted by atomic mass is 10.2. The van der Waals surface area contributed by atoms with Crippen LogP contribution in [0.4, 0.5) is 5.69 Å². The first kappa shape index (κ1) is 14.2. The summed E-state index contributed by atoms with van der Waals surface area (Å²) in [6.45, 7) is 1.85. The van der Waals surface area contributed by atoms with Crippen molar-refractivity contribution in [1.82, 2.24) is 0 Å². The van der Waals surface area contributed by atoms with Gasteiger partial charge in [-0.25, -0.2) is 8.42 Å². The number of aryl methyl sites for hydroxylation is 1. The van der Waals surface area contributed by atoms with Gasteiger partial charge in [0.15, 0.2) is 0 Å². The van der Waals surface area contributed by atoms with Gasteiger partial charge in [0.2, 0.25) is 0 Å². The molecule has 1 aromatic carbocycles. The monoisotopic (exact) mass is 275 g/mol. The molecule has 0 aliphatic heterocycles. The first-order valence-corrected chi connectivity index (χ1v) is 8.60. The fourth-order valence-corrected chi connectivity index (χ4v) is 3.61. The Bertz CT molecular complexity index is 524. The largest absolute Gasteiger partial charge is 0.399 e. The van der Waals surface area contributed by atoms with Gasteiger partial charge in [0.25, 0.3) is 0 Å². The van der Waals surface area contributed by atoms with Crippen LogP contribution in [0.25, 0.3) is 0 Å². The van der Waals surface area contributed by atoms with Crippen LogP contribution in [0, 0.1) is 6.92 Å². The van der Waals surface area contributed by atoms with Crippen molar-refractivity contribution in [3.8, 4) is 0 Å². The van der Waals surface area contributed by atoms with E-state index in [-0.39, 0.29) is 5.75 Å². The van der Waals surface area contributed by atoms with Gasteiger partial charge in [-0.2, -0.15) is 0 Å². The van der Waals surface area contributed by atoms with E-state index in [9.17, 15) is 12.6 Å². The maximum absolute atomic E-state index is 11.9. The molecule has 1 aromatic rings. The van der Waals surface area contributed by atoms with E-state index in [4.69, 9.17) is 5.73 Å². The second-order valence-corrected chi connectivity index (χ2v) is 7.86. The molecule has 17 heavy (non-hydrogen) atoms. The Morgan fingerprint density at radius 1 is 1.35 bits per heavy atom. The van der Waals surface area contributed by atoms with E-state index in [1.54, 1.807) is 18.2 Å². The highest BCUT2D eigenvalue weighted by Gasteiger charge is 2.09. The highest BCUT2D eigenvalue weighted by atomic mass is 32.2. The van der Waals surface area contributed by atoms with Gasteiger partial charge < -0.3 is 5.73 Å². The highest BCUT2D eigenvalue weighted by Crippen LogP contribution is 2.17. The van der Waals surface area contributed by atoms with E-state index >= 15 is 0 Å². The molecule has 1 unspecified atom stereocenters. The van der Waals surface area contributed by atoms with E-state index in [0.717, 1.165) is 10.5 Å². The van der Waals surface area contributed by atoms with Gasteiger partial charge in [0.1, 0.15) is 9.84 Å². The molecule has 1 rings (SSSR count). The van der Waals surface area contributed by atoms with Crippen LogP contribution < -0.4 is 5.73 Å². The molecule has 0 saturated carbocycles. The van der Waals surface area contributed by atoms with Crippen molar-refractivity contribution in [2.75, 3.05) is 23.5 Å². The Balaban J connectivity index is 2.65. The predicted octanol–water partition coefficient (Wildman–Crippen LogP) is 1.12. The summed E-state index contributed by atoms with van der Waals surface area (Å²) in [5, 5.41) is 0. The summed E-state index contributed by atoms with van der Waals surface area (Å²) in [7, 11) is -4.13. The number of anilines is 1. The molecule has 4 nitrogen and oxygen atoms in total. The quantitative estimate of drug-likeness (QED) is 0.817. The molecule has 0 spiro atoms. The lowest BCUT2D eigenvalue weighted by molar-refractivity contribution is 0.600. The summed E-state index contributed by atoms with van der Waals surface area (Å²) >= 11 is 0. The van der Waals surface area contributed by atoms with Gasteiger partial charge in [-0.05, 0) is 37.1 Å². The van der Waals surface area contributed by atoms with Gasteiger partial charge in [0, 0.05) is 22.6 Å². The number of nitrogens with two attached hydrogens (primary N) is 1. The van der Waals surface area contributed by atoms with Crippen LogP contribution >= 0.6 is 0 Å². The summed E-state index contributed by atoms with van der Waals surface area (Å²) < 4.78 is 33.8. The maximum atomic E-state index is 11.9. The summed E-state index contributed by atoms with van der Waals surface area (Å²) in [6.07, 6.45) is 1.60. The normalized spacial score (nSPS) is 13.5. The van der Waals surface area contributed by atoms with Crippen molar-refractivity contribution >= 4 is 26.3 Å². The molecule has 0 bridgehead atoms. The van der Waals surface area contributed by atoms with E-state index in [1.807, 2.05) is 6.92 Å². The number of rotatable bonds is 5. The van der Waals surface area contributed by atoms with Crippen LogP contribution in [0.15, 0.2) is 23.1 Å². The van der Waals surface area contributed by atoms with E-state index in [2.05, 4.69) is 0 Å². The van der Waals surface area contributed by atoms with Gasteiger partial charge in [-0.1, -0.05) is 0 Å². The van der Waals surface area contributed by atoms with Crippen molar-refractivity contribution in [2.24, 2.45) is 0 Å². The summed E-state index contributed by atoms with van der Waals surface area (Å²) in [5.41, 5.74) is 7.12.